The Morgan fingerprint density at radius 1 is 1.47 bits per heavy atom. The first-order valence-electron chi connectivity index (χ1n) is 5.17. The summed E-state index contributed by atoms with van der Waals surface area (Å²) in [6, 6.07) is 0.227. The van der Waals surface area contributed by atoms with Gasteiger partial charge in [0.25, 0.3) is 5.88 Å². The number of piperidine rings is 1. The third-order valence-corrected chi connectivity index (χ3v) is 2.60. The molecule has 1 atom stereocenters. The highest BCUT2D eigenvalue weighted by atomic mass is 16.5. The SMILES string of the molecule is COc1nccnc1N1CCC[C@@H](N)C1. The van der Waals surface area contributed by atoms with Crippen molar-refractivity contribution in [3.63, 3.8) is 0 Å². The van der Waals surface area contributed by atoms with Crippen LogP contribution in [0.25, 0.3) is 0 Å². The van der Waals surface area contributed by atoms with Gasteiger partial charge in [-0.15, -0.1) is 0 Å². The van der Waals surface area contributed by atoms with Gasteiger partial charge in [0, 0.05) is 31.5 Å². The third-order valence-electron chi connectivity index (χ3n) is 2.60. The van der Waals surface area contributed by atoms with Crippen LogP contribution in [0.3, 0.4) is 0 Å². The van der Waals surface area contributed by atoms with E-state index in [0.717, 1.165) is 31.7 Å². The Balaban J connectivity index is 2.20. The van der Waals surface area contributed by atoms with Crippen LogP contribution >= 0.6 is 0 Å². The highest BCUT2D eigenvalue weighted by molar-refractivity contribution is 5.48. The van der Waals surface area contributed by atoms with Gasteiger partial charge in [0.05, 0.1) is 7.11 Å². The van der Waals surface area contributed by atoms with Gasteiger partial charge in [-0.1, -0.05) is 0 Å². The Morgan fingerprint density at radius 3 is 3.00 bits per heavy atom. The van der Waals surface area contributed by atoms with Crippen molar-refractivity contribution in [2.75, 3.05) is 25.1 Å². The van der Waals surface area contributed by atoms with Gasteiger partial charge in [-0.3, -0.25) is 0 Å². The van der Waals surface area contributed by atoms with Crippen molar-refractivity contribution in [2.45, 2.75) is 18.9 Å². The van der Waals surface area contributed by atoms with Crippen LogP contribution in [0.15, 0.2) is 12.4 Å². The Labute approximate surface area is 89.3 Å². The summed E-state index contributed by atoms with van der Waals surface area (Å²) in [4.78, 5) is 10.6. The largest absolute Gasteiger partial charge is 0.478 e. The van der Waals surface area contributed by atoms with Crippen LogP contribution in [0.5, 0.6) is 5.88 Å². The molecular formula is C10H16N4O. The van der Waals surface area contributed by atoms with Crippen molar-refractivity contribution in [3.8, 4) is 5.88 Å². The van der Waals surface area contributed by atoms with Crippen molar-refractivity contribution in [1.82, 2.24) is 9.97 Å². The van der Waals surface area contributed by atoms with Crippen LogP contribution in [0.4, 0.5) is 5.82 Å². The molecule has 0 aliphatic carbocycles. The van der Waals surface area contributed by atoms with Crippen molar-refractivity contribution in [2.24, 2.45) is 5.73 Å². The lowest BCUT2D eigenvalue weighted by atomic mass is 10.1. The van der Waals surface area contributed by atoms with E-state index in [4.69, 9.17) is 10.5 Å². The molecule has 5 nitrogen and oxygen atoms in total. The number of anilines is 1. The molecule has 0 bridgehead atoms. The summed E-state index contributed by atoms with van der Waals surface area (Å²) < 4.78 is 5.18. The minimum absolute atomic E-state index is 0.227. The first-order chi connectivity index (χ1) is 7.31. The number of rotatable bonds is 2. The molecule has 1 aromatic rings. The van der Waals surface area contributed by atoms with E-state index in [0.29, 0.717) is 5.88 Å². The van der Waals surface area contributed by atoms with E-state index in [-0.39, 0.29) is 6.04 Å². The van der Waals surface area contributed by atoms with E-state index in [1.54, 1.807) is 19.5 Å². The fourth-order valence-electron chi connectivity index (χ4n) is 1.88. The number of hydrogen-bond donors (Lipinski definition) is 1. The molecule has 2 N–H and O–H groups in total. The predicted molar refractivity (Wildman–Crippen MR) is 58.0 cm³/mol. The van der Waals surface area contributed by atoms with Gasteiger partial charge in [-0.05, 0) is 12.8 Å². The van der Waals surface area contributed by atoms with Crippen molar-refractivity contribution < 1.29 is 4.74 Å². The first-order valence-corrected chi connectivity index (χ1v) is 5.17. The molecule has 1 aromatic heterocycles. The maximum Gasteiger partial charge on any atom is 0.257 e. The van der Waals surface area contributed by atoms with E-state index >= 15 is 0 Å². The molecule has 0 saturated carbocycles. The molecule has 0 unspecified atom stereocenters. The van der Waals surface area contributed by atoms with E-state index in [9.17, 15) is 0 Å². The summed E-state index contributed by atoms with van der Waals surface area (Å²) in [6.07, 6.45) is 5.49. The van der Waals surface area contributed by atoms with Crippen LogP contribution in [-0.4, -0.2) is 36.2 Å². The third kappa shape index (κ3) is 2.18. The summed E-state index contributed by atoms with van der Waals surface area (Å²) in [7, 11) is 1.61. The quantitative estimate of drug-likeness (QED) is 0.762. The second kappa shape index (κ2) is 4.44. The Hall–Kier alpha value is -1.36. The summed E-state index contributed by atoms with van der Waals surface area (Å²) in [5.41, 5.74) is 5.92. The van der Waals surface area contributed by atoms with Crippen molar-refractivity contribution in [3.05, 3.63) is 12.4 Å². The molecule has 1 aliphatic heterocycles. The summed E-state index contributed by atoms with van der Waals surface area (Å²) in [5, 5.41) is 0. The van der Waals surface area contributed by atoms with Gasteiger partial charge in [0.1, 0.15) is 0 Å². The highest BCUT2D eigenvalue weighted by Gasteiger charge is 2.20. The lowest BCUT2D eigenvalue weighted by Gasteiger charge is -2.31. The number of nitrogens with two attached hydrogens (primary N) is 1. The molecule has 15 heavy (non-hydrogen) atoms. The molecule has 82 valence electrons. The molecule has 0 amide bonds. The zero-order valence-corrected chi connectivity index (χ0v) is 8.89. The zero-order chi connectivity index (χ0) is 10.7. The average molecular weight is 208 g/mol. The Kier molecular flexibility index (Phi) is 3.01. The minimum atomic E-state index is 0.227. The lowest BCUT2D eigenvalue weighted by Crippen LogP contribution is -2.43. The molecule has 1 saturated heterocycles. The molecule has 2 rings (SSSR count). The average Bonchev–Trinajstić information content (AvgIpc) is 2.29. The van der Waals surface area contributed by atoms with Crippen molar-refractivity contribution >= 4 is 5.82 Å². The molecule has 0 spiro atoms. The first kappa shape index (κ1) is 10.2. The Morgan fingerprint density at radius 2 is 2.27 bits per heavy atom. The maximum absolute atomic E-state index is 5.92. The normalized spacial score (nSPS) is 21.5. The maximum atomic E-state index is 5.92. The van der Waals surface area contributed by atoms with E-state index < -0.39 is 0 Å². The standard InChI is InChI=1S/C10H16N4O/c1-15-10-9(12-4-5-13-10)14-6-2-3-8(11)7-14/h4-5,8H,2-3,6-7,11H2,1H3/t8-/m1/s1. The minimum Gasteiger partial charge on any atom is -0.478 e. The summed E-state index contributed by atoms with van der Waals surface area (Å²) >= 11 is 0. The van der Waals surface area contributed by atoms with Gasteiger partial charge < -0.3 is 15.4 Å². The number of nitrogens with zero attached hydrogens (tertiary/aromatic N) is 3. The molecule has 5 heteroatoms. The van der Waals surface area contributed by atoms with E-state index in [1.165, 1.54) is 0 Å². The second-order valence-electron chi connectivity index (χ2n) is 3.74. The molecule has 1 fully saturated rings. The number of methoxy groups -OCH3 is 1. The van der Waals surface area contributed by atoms with Crippen molar-refractivity contribution in [1.29, 1.82) is 0 Å². The number of hydrogen-bond acceptors (Lipinski definition) is 5. The molecule has 1 aliphatic rings. The zero-order valence-electron chi connectivity index (χ0n) is 8.89. The van der Waals surface area contributed by atoms with Gasteiger partial charge in [-0.2, -0.15) is 0 Å². The van der Waals surface area contributed by atoms with E-state index in [2.05, 4.69) is 14.9 Å². The molecule has 0 radical (unpaired) electrons. The smallest absolute Gasteiger partial charge is 0.257 e. The number of ether oxygens (including phenoxy) is 1. The highest BCUT2D eigenvalue weighted by Crippen LogP contribution is 2.24. The lowest BCUT2D eigenvalue weighted by molar-refractivity contribution is 0.392. The molecule has 2 heterocycles. The summed E-state index contributed by atoms with van der Waals surface area (Å²) in [6.45, 7) is 1.80. The van der Waals surface area contributed by atoms with Crippen LogP contribution < -0.4 is 15.4 Å². The van der Waals surface area contributed by atoms with Gasteiger partial charge in [0.15, 0.2) is 5.82 Å². The fourth-order valence-corrected chi connectivity index (χ4v) is 1.88. The summed E-state index contributed by atoms with van der Waals surface area (Å²) in [5.74, 6) is 1.38. The van der Waals surface area contributed by atoms with E-state index in [1.807, 2.05) is 0 Å². The van der Waals surface area contributed by atoms with Gasteiger partial charge >= 0.3 is 0 Å². The Bertz CT molecular complexity index is 331. The second-order valence-corrected chi connectivity index (χ2v) is 3.74. The molecule has 0 aromatic carbocycles. The van der Waals surface area contributed by atoms with Gasteiger partial charge in [0.2, 0.25) is 0 Å². The monoisotopic (exact) mass is 208 g/mol. The topological polar surface area (TPSA) is 64.3 Å². The van der Waals surface area contributed by atoms with Gasteiger partial charge in [-0.25, -0.2) is 9.97 Å². The van der Waals surface area contributed by atoms with Crippen LogP contribution in [0.2, 0.25) is 0 Å². The van der Waals surface area contributed by atoms with Crippen LogP contribution in [0.1, 0.15) is 12.8 Å². The van der Waals surface area contributed by atoms with Crippen LogP contribution in [0, 0.1) is 0 Å². The molecular weight excluding hydrogens is 192 g/mol. The fraction of sp³-hybridized carbons (Fsp3) is 0.600. The number of aromatic nitrogens is 2. The predicted octanol–water partition coefficient (Wildman–Crippen LogP) is 0.413. The van der Waals surface area contributed by atoms with Crippen LogP contribution in [-0.2, 0) is 0 Å².